The number of anilines is 1. The zero-order valence-electron chi connectivity index (χ0n) is 21.1. The van der Waals surface area contributed by atoms with E-state index in [0.717, 1.165) is 64.8 Å². The Bertz CT molecular complexity index is 1790. The number of allylic oxidation sites excluding steroid dienone is 1. The molecule has 0 amide bonds. The molecule has 0 spiro atoms. The minimum Gasteiger partial charge on any atom is -0.382 e. The molecule has 0 saturated carbocycles. The molecule has 6 rings (SSSR count). The molecular weight excluding hydrogens is 523 g/mol. The van der Waals surface area contributed by atoms with Gasteiger partial charge < -0.3 is 11.5 Å². The van der Waals surface area contributed by atoms with Gasteiger partial charge in [-0.3, -0.25) is 4.40 Å². The molecule has 0 bridgehead atoms. The highest BCUT2D eigenvalue weighted by Gasteiger charge is 2.31. The first-order valence-corrected chi connectivity index (χ1v) is 13.0. The number of rotatable bonds is 3. The third-order valence-electron chi connectivity index (χ3n) is 7.40. The Morgan fingerprint density at radius 3 is 2.41 bits per heavy atom. The fraction of sp³-hybridized carbons (Fsp3) is 0.200. The Hall–Kier alpha value is -3.88. The lowest BCUT2D eigenvalue weighted by molar-refractivity contribution is -0.137. The Kier molecular flexibility index (Phi) is 6.12. The predicted octanol–water partition coefficient (Wildman–Crippen LogP) is 7.67. The van der Waals surface area contributed by atoms with Gasteiger partial charge in [-0.25, -0.2) is 9.97 Å². The lowest BCUT2D eigenvalue weighted by atomic mass is 9.92. The van der Waals surface area contributed by atoms with Crippen molar-refractivity contribution in [1.82, 2.24) is 14.4 Å². The third kappa shape index (κ3) is 4.33. The number of aryl methyl sites for hydroxylation is 1. The number of aromatic nitrogens is 3. The van der Waals surface area contributed by atoms with Crippen LogP contribution < -0.4 is 11.5 Å². The van der Waals surface area contributed by atoms with E-state index in [9.17, 15) is 13.2 Å². The molecule has 1 aliphatic rings. The molecule has 5 aromatic rings. The lowest BCUT2D eigenvalue weighted by Gasteiger charge is -2.20. The molecule has 9 heteroatoms. The molecule has 1 aliphatic carbocycles. The van der Waals surface area contributed by atoms with Gasteiger partial charge in [0, 0.05) is 22.2 Å². The van der Waals surface area contributed by atoms with Crippen LogP contribution in [0.5, 0.6) is 0 Å². The summed E-state index contributed by atoms with van der Waals surface area (Å²) in [6.45, 7) is 1.92. The van der Waals surface area contributed by atoms with E-state index in [1.165, 1.54) is 6.07 Å². The fourth-order valence-corrected chi connectivity index (χ4v) is 5.68. The number of hydrogen-bond acceptors (Lipinski definition) is 4. The van der Waals surface area contributed by atoms with Gasteiger partial charge in [0.15, 0.2) is 0 Å². The van der Waals surface area contributed by atoms with Gasteiger partial charge in [-0.1, -0.05) is 54.1 Å². The molecule has 39 heavy (non-hydrogen) atoms. The van der Waals surface area contributed by atoms with Crippen molar-refractivity contribution in [3.05, 3.63) is 89.0 Å². The van der Waals surface area contributed by atoms with E-state index in [0.29, 0.717) is 28.2 Å². The number of imidazole rings is 1. The number of halogens is 4. The fourth-order valence-electron chi connectivity index (χ4n) is 5.46. The van der Waals surface area contributed by atoms with Crippen molar-refractivity contribution in [2.45, 2.75) is 38.4 Å². The van der Waals surface area contributed by atoms with Gasteiger partial charge in [0.2, 0.25) is 0 Å². The number of hydrogen-bond donors (Lipinski definition) is 2. The van der Waals surface area contributed by atoms with Crippen LogP contribution in [0.1, 0.15) is 36.3 Å². The van der Waals surface area contributed by atoms with Gasteiger partial charge >= 0.3 is 6.18 Å². The number of benzene rings is 3. The Morgan fingerprint density at radius 1 is 1.00 bits per heavy atom. The number of nitrogens with two attached hydrogens (primary N) is 2. The zero-order chi connectivity index (χ0) is 27.5. The van der Waals surface area contributed by atoms with Gasteiger partial charge in [0.1, 0.15) is 22.9 Å². The normalized spacial score (nSPS) is 16.2. The van der Waals surface area contributed by atoms with E-state index in [1.807, 2.05) is 41.7 Å². The second kappa shape index (κ2) is 9.39. The molecule has 2 aromatic heterocycles. The van der Waals surface area contributed by atoms with E-state index in [4.69, 9.17) is 28.1 Å². The summed E-state index contributed by atoms with van der Waals surface area (Å²) in [6.07, 6.45) is 1.98. The molecule has 5 nitrogen and oxygen atoms in total. The van der Waals surface area contributed by atoms with E-state index in [2.05, 4.69) is 11.1 Å². The number of fused-ring (bicyclic) bond motifs is 2. The van der Waals surface area contributed by atoms with Crippen molar-refractivity contribution < 1.29 is 13.2 Å². The minimum atomic E-state index is -4.48. The van der Waals surface area contributed by atoms with E-state index < -0.39 is 11.7 Å². The summed E-state index contributed by atoms with van der Waals surface area (Å²) in [5, 5.41) is 1.81. The molecule has 0 radical (unpaired) electrons. The van der Waals surface area contributed by atoms with E-state index in [1.54, 1.807) is 12.3 Å². The number of nitrogens with zero attached hydrogens (tertiary/aromatic N) is 3. The van der Waals surface area contributed by atoms with Crippen LogP contribution in [0.2, 0.25) is 5.02 Å². The SMILES string of the molecule is Cc1nc(-c2ccc(-c3cc(C(F)(F)F)ccc3Cl)c3ccccc23)c2c(N)ncc(C3=CCC(N)CC3)n12. The van der Waals surface area contributed by atoms with Crippen LogP contribution in [0.25, 0.3) is 44.2 Å². The maximum atomic E-state index is 13.5. The summed E-state index contributed by atoms with van der Waals surface area (Å²) in [5.74, 6) is 1.10. The highest BCUT2D eigenvalue weighted by Crippen LogP contribution is 2.42. The van der Waals surface area contributed by atoms with Gasteiger partial charge in [-0.15, -0.1) is 0 Å². The van der Waals surface area contributed by atoms with Gasteiger partial charge in [0.25, 0.3) is 0 Å². The zero-order valence-corrected chi connectivity index (χ0v) is 21.8. The Balaban J connectivity index is 1.58. The van der Waals surface area contributed by atoms with Crippen LogP contribution in [0.15, 0.2) is 66.9 Å². The first kappa shape index (κ1) is 25.4. The molecule has 0 aliphatic heterocycles. The molecule has 198 valence electrons. The lowest BCUT2D eigenvalue weighted by Crippen LogP contribution is -2.21. The Morgan fingerprint density at radius 2 is 1.72 bits per heavy atom. The summed E-state index contributed by atoms with van der Waals surface area (Å²) in [5.41, 5.74) is 16.9. The minimum absolute atomic E-state index is 0.153. The van der Waals surface area contributed by atoms with Gasteiger partial charge in [0.05, 0.1) is 17.5 Å². The monoisotopic (exact) mass is 547 g/mol. The van der Waals surface area contributed by atoms with Gasteiger partial charge in [-0.05, 0) is 66.3 Å². The van der Waals surface area contributed by atoms with E-state index in [-0.39, 0.29) is 11.1 Å². The molecule has 0 fully saturated rings. The van der Waals surface area contributed by atoms with Crippen molar-refractivity contribution in [3.8, 4) is 22.4 Å². The maximum absolute atomic E-state index is 13.5. The summed E-state index contributed by atoms with van der Waals surface area (Å²) in [6, 6.07) is 14.7. The van der Waals surface area contributed by atoms with Crippen molar-refractivity contribution in [2.75, 3.05) is 5.73 Å². The molecule has 3 aromatic carbocycles. The average molecular weight is 548 g/mol. The van der Waals surface area contributed by atoms with Crippen molar-refractivity contribution in [2.24, 2.45) is 5.73 Å². The summed E-state index contributed by atoms with van der Waals surface area (Å²) in [7, 11) is 0. The first-order valence-electron chi connectivity index (χ1n) is 12.6. The molecule has 0 saturated heterocycles. The standard InChI is InChI=1S/C30H25ClF3N5/c1-16-38-27(28-29(36)37-15-26(39(16)28)17-6-9-19(35)10-7-17)23-12-11-22(20-4-2-3-5-21(20)23)24-14-18(30(32,33)34)8-13-25(24)31/h2-6,8,11-15,19H,7,9-10,35H2,1H3,(H2,36,37). The summed E-state index contributed by atoms with van der Waals surface area (Å²) >= 11 is 6.42. The summed E-state index contributed by atoms with van der Waals surface area (Å²) in [4.78, 5) is 9.44. The molecular formula is C30H25ClF3N5. The molecule has 4 N–H and O–H groups in total. The first-order chi connectivity index (χ1) is 18.6. The summed E-state index contributed by atoms with van der Waals surface area (Å²) < 4.78 is 42.6. The quantitative estimate of drug-likeness (QED) is 0.243. The Labute approximate surface area is 227 Å². The van der Waals surface area contributed by atoms with Gasteiger partial charge in [-0.2, -0.15) is 13.2 Å². The van der Waals surface area contributed by atoms with Crippen LogP contribution in [0.3, 0.4) is 0 Å². The third-order valence-corrected chi connectivity index (χ3v) is 7.73. The topological polar surface area (TPSA) is 82.2 Å². The van der Waals surface area contributed by atoms with Crippen molar-refractivity contribution in [3.63, 3.8) is 0 Å². The van der Waals surface area contributed by atoms with E-state index >= 15 is 0 Å². The molecule has 1 atom stereocenters. The number of nitrogen functional groups attached to an aromatic ring is 1. The molecule has 2 heterocycles. The van der Waals surface area contributed by atoms with Crippen LogP contribution in [0, 0.1) is 6.92 Å². The van der Waals surface area contributed by atoms with Crippen molar-refractivity contribution in [1.29, 1.82) is 0 Å². The highest BCUT2D eigenvalue weighted by atomic mass is 35.5. The maximum Gasteiger partial charge on any atom is 0.416 e. The highest BCUT2D eigenvalue weighted by molar-refractivity contribution is 6.33. The number of alkyl halides is 3. The van der Waals surface area contributed by atoms with Crippen LogP contribution in [-0.4, -0.2) is 20.4 Å². The molecule has 1 unspecified atom stereocenters. The van der Waals surface area contributed by atoms with Crippen LogP contribution in [-0.2, 0) is 6.18 Å². The predicted molar refractivity (Wildman–Crippen MR) is 150 cm³/mol. The second-order valence-electron chi connectivity index (χ2n) is 9.88. The average Bonchev–Trinajstić information content (AvgIpc) is 3.26. The van der Waals surface area contributed by atoms with Crippen LogP contribution >= 0.6 is 11.6 Å². The van der Waals surface area contributed by atoms with Crippen LogP contribution in [0.4, 0.5) is 19.0 Å². The largest absolute Gasteiger partial charge is 0.416 e. The smallest absolute Gasteiger partial charge is 0.382 e. The second-order valence-corrected chi connectivity index (χ2v) is 10.3. The van der Waals surface area contributed by atoms with Crippen molar-refractivity contribution >= 4 is 39.3 Å².